The Balaban J connectivity index is 2.78. The largest absolute Gasteiger partial charge is 0.463 e. The van der Waals surface area contributed by atoms with Crippen molar-refractivity contribution in [3.8, 4) is 0 Å². The molecular formula is C10H13BrN2O3. The Kier molecular flexibility index (Phi) is 5.21. The van der Waals surface area contributed by atoms with E-state index in [9.17, 15) is 4.79 Å². The molecule has 1 heterocycles. The SMILES string of the molecule is CCOC(=O)/C=C/c1c(Br)cnn1CCO. The lowest BCUT2D eigenvalue weighted by Crippen LogP contribution is -2.06. The summed E-state index contributed by atoms with van der Waals surface area (Å²) in [6, 6.07) is 0. The molecule has 0 saturated heterocycles. The highest BCUT2D eigenvalue weighted by Crippen LogP contribution is 2.17. The number of hydrogen-bond donors (Lipinski definition) is 1. The standard InChI is InChI=1S/C10H13BrN2O3/c1-2-16-10(15)4-3-9-8(11)7-12-13(9)5-6-14/h3-4,7,14H,2,5-6H2,1H3/b4-3+. The lowest BCUT2D eigenvalue weighted by Gasteiger charge is -2.01. The summed E-state index contributed by atoms with van der Waals surface area (Å²) < 4.78 is 7.12. The van der Waals surface area contributed by atoms with Gasteiger partial charge < -0.3 is 9.84 Å². The second kappa shape index (κ2) is 6.44. The van der Waals surface area contributed by atoms with Gasteiger partial charge >= 0.3 is 5.97 Å². The molecule has 0 bridgehead atoms. The van der Waals surface area contributed by atoms with Gasteiger partial charge in [-0.25, -0.2) is 4.79 Å². The Bertz CT molecular complexity index is 387. The van der Waals surface area contributed by atoms with E-state index in [1.165, 1.54) is 6.08 Å². The predicted octanol–water partition coefficient (Wildman–Crippen LogP) is 1.21. The molecule has 0 aromatic carbocycles. The van der Waals surface area contributed by atoms with Crippen molar-refractivity contribution in [2.24, 2.45) is 0 Å². The first-order valence-corrected chi connectivity index (χ1v) is 5.65. The number of hydrogen-bond acceptors (Lipinski definition) is 4. The van der Waals surface area contributed by atoms with Crippen LogP contribution in [-0.4, -0.2) is 34.1 Å². The van der Waals surface area contributed by atoms with Crippen LogP contribution in [0, 0.1) is 0 Å². The zero-order valence-corrected chi connectivity index (χ0v) is 10.5. The Labute approximate surface area is 102 Å². The van der Waals surface area contributed by atoms with E-state index in [-0.39, 0.29) is 6.61 Å². The van der Waals surface area contributed by atoms with Crippen LogP contribution in [0.15, 0.2) is 16.7 Å². The van der Waals surface area contributed by atoms with Crippen LogP contribution >= 0.6 is 15.9 Å². The van der Waals surface area contributed by atoms with Crippen LogP contribution in [0.5, 0.6) is 0 Å². The van der Waals surface area contributed by atoms with Crippen LogP contribution in [0.3, 0.4) is 0 Å². The summed E-state index contributed by atoms with van der Waals surface area (Å²) in [6.45, 7) is 2.47. The molecule has 6 heteroatoms. The topological polar surface area (TPSA) is 64.3 Å². The smallest absolute Gasteiger partial charge is 0.330 e. The van der Waals surface area contributed by atoms with Gasteiger partial charge in [0.2, 0.25) is 0 Å². The van der Waals surface area contributed by atoms with E-state index in [2.05, 4.69) is 21.0 Å². The summed E-state index contributed by atoms with van der Waals surface area (Å²) in [7, 11) is 0. The highest BCUT2D eigenvalue weighted by atomic mass is 79.9. The first-order chi connectivity index (χ1) is 7.69. The van der Waals surface area contributed by atoms with Crippen molar-refractivity contribution in [1.82, 2.24) is 9.78 Å². The normalized spacial score (nSPS) is 10.9. The molecule has 0 aliphatic heterocycles. The van der Waals surface area contributed by atoms with Crippen LogP contribution < -0.4 is 0 Å². The van der Waals surface area contributed by atoms with Crippen molar-refractivity contribution in [1.29, 1.82) is 0 Å². The summed E-state index contributed by atoms with van der Waals surface area (Å²) in [4.78, 5) is 11.1. The highest BCUT2D eigenvalue weighted by molar-refractivity contribution is 9.10. The maximum absolute atomic E-state index is 11.1. The summed E-state index contributed by atoms with van der Waals surface area (Å²) in [5, 5.41) is 12.9. The molecule has 0 saturated carbocycles. The number of halogens is 1. The second-order valence-corrected chi connectivity index (χ2v) is 3.76. The molecule has 0 atom stereocenters. The van der Waals surface area contributed by atoms with Gasteiger partial charge in [-0.3, -0.25) is 4.68 Å². The van der Waals surface area contributed by atoms with Gasteiger partial charge in [-0.1, -0.05) is 0 Å². The molecule has 0 aliphatic rings. The van der Waals surface area contributed by atoms with E-state index in [1.54, 1.807) is 23.9 Å². The third-order valence-corrected chi connectivity index (χ3v) is 2.42. The van der Waals surface area contributed by atoms with Crippen molar-refractivity contribution < 1.29 is 14.6 Å². The van der Waals surface area contributed by atoms with E-state index in [4.69, 9.17) is 9.84 Å². The van der Waals surface area contributed by atoms with E-state index < -0.39 is 5.97 Å². The average Bonchev–Trinajstić information content (AvgIpc) is 2.58. The van der Waals surface area contributed by atoms with Gasteiger partial charge in [0, 0.05) is 6.08 Å². The predicted molar refractivity (Wildman–Crippen MR) is 62.7 cm³/mol. The Hall–Kier alpha value is -1.14. The summed E-state index contributed by atoms with van der Waals surface area (Å²) in [6.07, 6.45) is 4.55. The zero-order chi connectivity index (χ0) is 12.0. The molecule has 0 amide bonds. The van der Waals surface area contributed by atoms with Crippen LogP contribution in [0.4, 0.5) is 0 Å². The number of nitrogens with zero attached hydrogens (tertiary/aromatic N) is 2. The van der Waals surface area contributed by atoms with Crippen LogP contribution in [0.25, 0.3) is 6.08 Å². The van der Waals surface area contributed by atoms with Crippen molar-refractivity contribution in [3.63, 3.8) is 0 Å². The molecular weight excluding hydrogens is 276 g/mol. The Morgan fingerprint density at radius 3 is 3.12 bits per heavy atom. The third kappa shape index (κ3) is 3.46. The number of esters is 1. The maximum Gasteiger partial charge on any atom is 0.330 e. The molecule has 0 aliphatic carbocycles. The number of aliphatic hydroxyl groups is 1. The molecule has 0 fully saturated rings. The van der Waals surface area contributed by atoms with Crippen LogP contribution in [0.1, 0.15) is 12.6 Å². The highest BCUT2D eigenvalue weighted by Gasteiger charge is 2.05. The molecule has 16 heavy (non-hydrogen) atoms. The van der Waals surface area contributed by atoms with E-state index >= 15 is 0 Å². The molecule has 88 valence electrons. The van der Waals surface area contributed by atoms with Gasteiger partial charge in [-0.2, -0.15) is 5.10 Å². The molecule has 0 radical (unpaired) electrons. The Morgan fingerprint density at radius 2 is 2.50 bits per heavy atom. The zero-order valence-electron chi connectivity index (χ0n) is 8.89. The third-order valence-electron chi connectivity index (χ3n) is 1.81. The number of aromatic nitrogens is 2. The maximum atomic E-state index is 11.1. The molecule has 5 nitrogen and oxygen atoms in total. The molecule has 0 unspecified atom stereocenters. The van der Waals surface area contributed by atoms with Gasteiger partial charge in [-0.15, -0.1) is 0 Å². The molecule has 1 rings (SSSR count). The monoisotopic (exact) mass is 288 g/mol. The van der Waals surface area contributed by atoms with E-state index in [0.29, 0.717) is 13.2 Å². The summed E-state index contributed by atoms with van der Waals surface area (Å²) in [5.41, 5.74) is 0.724. The van der Waals surface area contributed by atoms with Gasteiger partial charge in [0.15, 0.2) is 0 Å². The molecule has 1 aromatic rings. The van der Waals surface area contributed by atoms with Gasteiger partial charge in [0.25, 0.3) is 0 Å². The number of carbonyl (C=O) groups excluding carboxylic acids is 1. The molecule has 0 spiro atoms. The Morgan fingerprint density at radius 1 is 1.75 bits per heavy atom. The summed E-state index contributed by atoms with van der Waals surface area (Å²) >= 11 is 3.31. The number of carbonyl (C=O) groups is 1. The minimum absolute atomic E-state index is 0.00559. The molecule has 1 N–H and O–H groups in total. The second-order valence-electron chi connectivity index (χ2n) is 2.91. The lowest BCUT2D eigenvalue weighted by atomic mass is 10.3. The van der Waals surface area contributed by atoms with Crippen molar-refractivity contribution in [2.75, 3.05) is 13.2 Å². The minimum atomic E-state index is -0.397. The van der Waals surface area contributed by atoms with Crippen molar-refractivity contribution in [2.45, 2.75) is 13.5 Å². The van der Waals surface area contributed by atoms with Crippen molar-refractivity contribution in [3.05, 3.63) is 22.4 Å². The minimum Gasteiger partial charge on any atom is -0.463 e. The van der Waals surface area contributed by atoms with Crippen LogP contribution in [0.2, 0.25) is 0 Å². The fraction of sp³-hybridized carbons (Fsp3) is 0.400. The van der Waals surface area contributed by atoms with Crippen LogP contribution in [-0.2, 0) is 16.1 Å². The van der Waals surface area contributed by atoms with E-state index in [1.807, 2.05) is 0 Å². The quantitative estimate of drug-likeness (QED) is 0.654. The van der Waals surface area contributed by atoms with Crippen molar-refractivity contribution >= 4 is 28.0 Å². The first kappa shape index (κ1) is 12.9. The number of ether oxygens (including phenoxy) is 1. The number of aliphatic hydroxyl groups excluding tert-OH is 1. The lowest BCUT2D eigenvalue weighted by molar-refractivity contribution is -0.137. The van der Waals surface area contributed by atoms with Gasteiger partial charge in [0.1, 0.15) is 0 Å². The van der Waals surface area contributed by atoms with Gasteiger partial charge in [-0.05, 0) is 28.9 Å². The molecule has 1 aromatic heterocycles. The fourth-order valence-corrected chi connectivity index (χ4v) is 1.58. The number of rotatable bonds is 5. The fourth-order valence-electron chi connectivity index (χ4n) is 1.15. The average molecular weight is 289 g/mol. The van der Waals surface area contributed by atoms with E-state index in [0.717, 1.165) is 10.2 Å². The van der Waals surface area contributed by atoms with Gasteiger partial charge in [0.05, 0.1) is 36.1 Å². The summed E-state index contributed by atoms with van der Waals surface area (Å²) in [5.74, 6) is -0.397. The first-order valence-electron chi connectivity index (χ1n) is 4.86.